The van der Waals surface area contributed by atoms with Crippen molar-refractivity contribution in [2.24, 2.45) is 5.92 Å². The van der Waals surface area contributed by atoms with E-state index in [1.54, 1.807) is 6.33 Å². The number of hydrogen-bond acceptors (Lipinski definition) is 6. The van der Waals surface area contributed by atoms with Crippen LogP contribution in [0.4, 0.5) is 5.82 Å². The summed E-state index contributed by atoms with van der Waals surface area (Å²) >= 11 is 3.64. The summed E-state index contributed by atoms with van der Waals surface area (Å²) in [5.41, 5.74) is 3.38. The van der Waals surface area contributed by atoms with Crippen molar-refractivity contribution >= 4 is 43.1 Å². The minimum Gasteiger partial charge on any atom is -0.393 e. The van der Waals surface area contributed by atoms with Gasteiger partial charge in [0.2, 0.25) is 0 Å². The van der Waals surface area contributed by atoms with E-state index in [0.29, 0.717) is 12.8 Å². The quantitative estimate of drug-likeness (QED) is 0.367. The van der Waals surface area contributed by atoms with E-state index >= 15 is 0 Å². The maximum absolute atomic E-state index is 11.0. The fourth-order valence-electron chi connectivity index (χ4n) is 5.04. The van der Waals surface area contributed by atoms with Crippen LogP contribution in [0.1, 0.15) is 42.5 Å². The number of aromatic nitrogens is 3. The van der Waals surface area contributed by atoms with Crippen molar-refractivity contribution < 1.29 is 18.1 Å². The average Bonchev–Trinajstić information content (AvgIpc) is 3.44. The van der Waals surface area contributed by atoms with Gasteiger partial charge in [0.1, 0.15) is 17.8 Å². The van der Waals surface area contributed by atoms with Crippen LogP contribution in [0, 0.1) is 5.92 Å². The first-order chi connectivity index (χ1) is 15.3. The van der Waals surface area contributed by atoms with Gasteiger partial charge >= 0.3 is 10.3 Å². The van der Waals surface area contributed by atoms with Crippen LogP contribution in [-0.4, -0.2) is 45.3 Å². The van der Waals surface area contributed by atoms with Crippen LogP contribution in [0.25, 0.3) is 11.0 Å². The van der Waals surface area contributed by atoms with Gasteiger partial charge in [-0.05, 0) is 48.9 Å². The van der Waals surface area contributed by atoms with Crippen molar-refractivity contribution in [2.45, 2.75) is 43.9 Å². The number of nitrogens with one attached hydrogen (secondary N) is 2. The molecule has 5 rings (SSSR count). The Kier molecular flexibility index (Phi) is 5.70. The van der Waals surface area contributed by atoms with E-state index in [1.165, 1.54) is 11.1 Å². The first kappa shape index (κ1) is 21.8. The zero-order valence-electron chi connectivity index (χ0n) is 17.1. The van der Waals surface area contributed by atoms with Crippen LogP contribution in [0.2, 0.25) is 0 Å². The number of fused-ring (bicyclic) bond motifs is 2. The summed E-state index contributed by atoms with van der Waals surface area (Å²) in [7, 11) is -4.28. The molecule has 0 unspecified atom stereocenters. The van der Waals surface area contributed by atoms with E-state index in [0.717, 1.165) is 34.2 Å². The molecule has 0 spiro atoms. The number of benzene rings is 1. The first-order valence-electron chi connectivity index (χ1n) is 10.6. The van der Waals surface area contributed by atoms with Gasteiger partial charge < -0.3 is 15.0 Å². The molecular formula is C21H24BrN5O4S. The molecule has 1 saturated carbocycles. The highest BCUT2D eigenvalue weighted by Crippen LogP contribution is 2.40. The fourth-order valence-corrected chi connectivity index (χ4v) is 6.04. The third-order valence-corrected chi connectivity index (χ3v) is 7.86. The van der Waals surface area contributed by atoms with Gasteiger partial charge in [-0.2, -0.15) is 13.1 Å². The Hall–Kier alpha value is -2.05. The van der Waals surface area contributed by atoms with Crippen LogP contribution in [0.3, 0.4) is 0 Å². The van der Waals surface area contributed by atoms with Gasteiger partial charge in [-0.25, -0.2) is 9.97 Å². The zero-order chi connectivity index (χ0) is 22.5. The van der Waals surface area contributed by atoms with Crippen molar-refractivity contribution in [2.75, 3.05) is 11.9 Å². The summed E-state index contributed by atoms with van der Waals surface area (Å²) < 4.78 is 36.1. The van der Waals surface area contributed by atoms with Crippen LogP contribution in [0.5, 0.6) is 0 Å². The van der Waals surface area contributed by atoms with Crippen molar-refractivity contribution in [3.8, 4) is 0 Å². The normalized spacial score (nSPS) is 25.3. The Bertz CT molecular complexity index is 1260. The lowest BCUT2D eigenvalue weighted by Gasteiger charge is -2.17. The standard InChI is InChI=1S/C21H24BrN5O4S/c22-17-3-1-2-15-14(17)4-5-18(15)26-20-16-6-7-27(21(16)24-11-23-20)13-8-12(19(28)9-13)10-25-32(29,30)31/h1-3,6-7,11-13,18-19,25,28H,4-5,8-10H2,(H,23,24,26)(H,29,30,31)/t12-,13+,18-,19-/m0/s1. The second-order valence-corrected chi connectivity index (χ2v) is 10.6. The van der Waals surface area contributed by atoms with Crippen LogP contribution >= 0.6 is 15.9 Å². The second kappa shape index (κ2) is 8.38. The molecule has 0 aliphatic heterocycles. The van der Waals surface area contributed by atoms with Gasteiger partial charge in [0.25, 0.3) is 0 Å². The monoisotopic (exact) mass is 521 g/mol. The predicted molar refractivity (Wildman–Crippen MR) is 124 cm³/mol. The number of aliphatic hydroxyl groups is 1. The Morgan fingerprint density at radius 2 is 2.06 bits per heavy atom. The summed E-state index contributed by atoms with van der Waals surface area (Å²) in [5, 5.41) is 14.9. The minimum absolute atomic E-state index is 0.00581. The molecule has 0 amide bonds. The number of aliphatic hydroxyl groups excluding tert-OH is 1. The average molecular weight is 522 g/mol. The highest BCUT2D eigenvalue weighted by atomic mass is 79.9. The van der Waals surface area contributed by atoms with Gasteiger partial charge in [-0.15, -0.1) is 0 Å². The predicted octanol–water partition coefficient (Wildman–Crippen LogP) is 3.00. The Balaban J connectivity index is 1.37. The molecule has 0 radical (unpaired) electrons. The Morgan fingerprint density at radius 3 is 2.88 bits per heavy atom. The van der Waals surface area contributed by atoms with Gasteiger partial charge in [-0.3, -0.25) is 4.55 Å². The van der Waals surface area contributed by atoms with E-state index in [1.807, 2.05) is 22.9 Å². The molecule has 0 saturated heterocycles. The topological polar surface area (TPSA) is 129 Å². The lowest BCUT2D eigenvalue weighted by Crippen LogP contribution is -2.31. The summed E-state index contributed by atoms with van der Waals surface area (Å²) in [6.45, 7) is -0.00581. The Morgan fingerprint density at radius 1 is 1.22 bits per heavy atom. The summed E-state index contributed by atoms with van der Waals surface area (Å²) in [6.07, 6.45) is 5.87. The summed E-state index contributed by atoms with van der Waals surface area (Å²) in [6, 6.07) is 8.39. The molecule has 32 heavy (non-hydrogen) atoms. The molecule has 4 N–H and O–H groups in total. The largest absolute Gasteiger partial charge is 0.393 e. The molecule has 1 fully saturated rings. The molecular weight excluding hydrogens is 498 g/mol. The number of nitrogens with zero attached hydrogens (tertiary/aromatic N) is 3. The zero-order valence-corrected chi connectivity index (χ0v) is 19.6. The van der Waals surface area contributed by atoms with Crippen molar-refractivity contribution in [1.29, 1.82) is 0 Å². The number of halogens is 1. The Labute approximate surface area is 194 Å². The number of anilines is 1. The van der Waals surface area contributed by atoms with Gasteiger partial charge in [0, 0.05) is 29.2 Å². The molecule has 2 aromatic heterocycles. The third-order valence-electron chi connectivity index (χ3n) is 6.59. The van der Waals surface area contributed by atoms with Crippen molar-refractivity contribution in [1.82, 2.24) is 19.3 Å². The molecule has 3 aromatic rings. The molecule has 11 heteroatoms. The molecule has 2 heterocycles. The smallest absolute Gasteiger partial charge is 0.333 e. The van der Waals surface area contributed by atoms with Crippen LogP contribution < -0.4 is 10.0 Å². The van der Waals surface area contributed by atoms with Crippen LogP contribution in [-0.2, 0) is 16.7 Å². The third kappa shape index (κ3) is 4.15. The minimum atomic E-state index is -4.28. The molecule has 0 bridgehead atoms. The SMILES string of the molecule is O=S(=O)(O)NC[C@@H]1C[C@@H](n2ccc3c(N[C@H]4CCc5c(Br)cccc54)ncnc32)C[C@@H]1O. The maximum Gasteiger partial charge on any atom is 0.333 e. The molecule has 1 aromatic carbocycles. The maximum atomic E-state index is 11.0. The lowest BCUT2D eigenvalue weighted by atomic mass is 10.1. The highest BCUT2D eigenvalue weighted by molar-refractivity contribution is 9.10. The van der Waals surface area contributed by atoms with Crippen molar-refractivity contribution in [3.05, 3.63) is 52.4 Å². The second-order valence-electron chi connectivity index (χ2n) is 8.50. The number of rotatable bonds is 6. The highest BCUT2D eigenvalue weighted by Gasteiger charge is 2.35. The molecule has 9 nitrogen and oxygen atoms in total. The number of hydrogen-bond donors (Lipinski definition) is 4. The summed E-state index contributed by atoms with van der Waals surface area (Å²) in [5.74, 6) is 0.488. The lowest BCUT2D eigenvalue weighted by molar-refractivity contribution is 0.133. The van der Waals surface area contributed by atoms with E-state index in [-0.39, 0.29) is 24.5 Å². The molecule has 2 aliphatic carbocycles. The van der Waals surface area contributed by atoms with Crippen LogP contribution in [0.15, 0.2) is 41.3 Å². The van der Waals surface area contributed by atoms with Gasteiger partial charge in [0.05, 0.1) is 17.5 Å². The van der Waals surface area contributed by atoms with E-state index in [9.17, 15) is 13.5 Å². The first-order valence-corrected chi connectivity index (χ1v) is 12.8. The van der Waals surface area contributed by atoms with E-state index in [4.69, 9.17) is 4.55 Å². The molecule has 170 valence electrons. The summed E-state index contributed by atoms with van der Waals surface area (Å²) in [4.78, 5) is 8.98. The van der Waals surface area contributed by atoms with Gasteiger partial charge in [0.15, 0.2) is 0 Å². The van der Waals surface area contributed by atoms with E-state index in [2.05, 4.69) is 48.1 Å². The molecule has 2 aliphatic rings. The van der Waals surface area contributed by atoms with Crippen molar-refractivity contribution in [3.63, 3.8) is 0 Å². The van der Waals surface area contributed by atoms with Gasteiger partial charge in [-0.1, -0.05) is 28.1 Å². The fraction of sp³-hybridized carbons (Fsp3) is 0.429. The van der Waals surface area contributed by atoms with E-state index < -0.39 is 16.4 Å². The molecule has 4 atom stereocenters.